The molecule has 25 heavy (non-hydrogen) atoms. The van der Waals surface area contributed by atoms with Gasteiger partial charge in [0.05, 0.1) is 5.69 Å². The number of para-hydroxylation sites is 1. The summed E-state index contributed by atoms with van der Waals surface area (Å²) in [7, 11) is 0. The number of hydrogen-bond donors (Lipinski definition) is 2. The Morgan fingerprint density at radius 2 is 1.68 bits per heavy atom. The standard InChI is InChI=1S/C18H17FN2O4/c1-18(2,17(23)21-13-6-4-3-5-12(13)19)16(22)20-11-7-8-14-15(9-11)25-10-24-14/h3-9H,10H2,1-2H3,(H,20,22)(H,21,23). The van der Waals surface area contributed by atoms with Crippen molar-refractivity contribution in [3.8, 4) is 11.5 Å². The van der Waals surface area contributed by atoms with Crippen LogP contribution in [0.5, 0.6) is 11.5 Å². The maximum Gasteiger partial charge on any atom is 0.239 e. The van der Waals surface area contributed by atoms with Crippen molar-refractivity contribution in [2.45, 2.75) is 13.8 Å². The van der Waals surface area contributed by atoms with Gasteiger partial charge in [0.1, 0.15) is 11.2 Å². The molecule has 0 aliphatic carbocycles. The lowest BCUT2D eigenvalue weighted by Gasteiger charge is -2.23. The zero-order valence-electron chi connectivity index (χ0n) is 13.8. The monoisotopic (exact) mass is 344 g/mol. The van der Waals surface area contributed by atoms with Gasteiger partial charge in [0.25, 0.3) is 0 Å². The van der Waals surface area contributed by atoms with Crippen LogP contribution in [0.3, 0.4) is 0 Å². The summed E-state index contributed by atoms with van der Waals surface area (Å²) < 4.78 is 24.1. The minimum Gasteiger partial charge on any atom is -0.454 e. The summed E-state index contributed by atoms with van der Waals surface area (Å²) in [6, 6.07) is 10.7. The Kier molecular flexibility index (Phi) is 4.31. The number of carbonyl (C=O) groups excluding carboxylic acids is 2. The summed E-state index contributed by atoms with van der Waals surface area (Å²) in [6.07, 6.45) is 0. The lowest BCUT2D eigenvalue weighted by molar-refractivity contribution is -0.135. The molecular formula is C18H17FN2O4. The molecule has 0 fully saturated rings. The van der Waals surface area contributed by atoms with Crippen molar-refractivity contribution >= 4 is 23.2 Å². The molecule has 2 aromatic rings. The number of rotatable bonds is 4. The van der Waals surface area contributed by atoms with Crippen molar-refractivity contribution in [2.24, 2.45) is 5.41 Å². The third-order valence-corrected chi connectivity index (χ3v) is 3.89. The van der Waals surface area contributed by atoms with Gasteiger partial charge in [0, 0.05) is 11.8 Å². The summed E-state index contributed by atoms with van der Waals surface area (Å²) >= 11 is 0. The van der Waals surface area contributed by atoms with E-state index in [4.69, 9.17) is 9.47 Å². The van der Waals surface area contributed by atoms with Crippen LogP contribution in [-0.2, 0) is 9.59 Å². The Bertz CT molecular complexity index is 836. The van der Waals surface area contributed by atoms with Crippen LogP contribution in [0, 0.1) is 11.2 Å². The summed E-state index contributed by atoms with van der Waals surface area (Å²) in [5.41, 5.74) is -0.920. The largest absolute Gasteiger partial charge is 0.454 e. The van der Waals surface area contributed by atoms with E-state index in [0.717, 1.165) is 0 Å². The second-order valence-electron chi connectivity index (χ2n) is 6.08. The normalized spacial score (nSPS) is 12.6. The third-order valence-electron chi connectivity index (χ3n) is 3.89. The number of ether oxygens (including phenoxy) is 2. The Labute approximate surface area is 143 Å². The highest BCUT2D eigenvalue weighted by Gasteiger charge is 2.36. The van der Waals surface area contributed by atoms with Gasteiger partial charge in [-0.3, -0.25) is 9.59 Å². The van der Waals surface area contributed by atoms with Crippen molar-refractivity contribution in [1.82, 2.24) is 0 Å². The highest BCUT2D eigenvalue weighted by Crippen LogP contribution is 2.34. The van der Waals surface area contributed by atoms with E-state index >= 15 is 0 Å². The van der Waals surface area contributed by atoms with Crippen LogP contribution >= 0.6 is 0 Å². The molecule has 2 aromatic carbocycles. The number of halogens is 1. The SMILES string of the molecule is CC(C)(C(=O)Nc1ccc2c(c1)OCO2)C(=O)Nc1ccccc1F. The quantitative estimate of drug-likeness (QED) is 0.836. The van der Waals surface area contributed by atoms with Gasteiger partial charge in [-0.15, -0.1) is 0 Å². The molecule has 0 saturated carbocycles. The zero-order valence-corrected chi connectivity index (χ0v) is 13.8. The minimum absolute atomic E-state index is 0.0245. The average molecular weight is 344 g/mol. The second-order valence-corrected chi connectivity index (χ2v) is 6.08. The lowest BCUT2D eigenvalue weighted by Crippen LogP contribution is -2.41. The van der Waals surface area contributed by atoms with E-state index in [1.807, 2.05) is 0 Å². The summed E-state index contributed by atoms with van der Waals surface area (Å²) in [4.78, 5) is 24.9. The first-order valence-corrected chi connectivity index (χ1v) is 7.65. The fourth-order valence-corrected chi connectivity index (χ4v) is 2.21. The smallest absolute Gasteiger partial charge is 0.239 e. The van der Waals surface area contributed by atoms with Gasteiger partial charge in [-0.2, -0.15) is 0 Å². The molecule has 0 radical (unpaired) electrons. The van der Waals surface area contributed by atoms with Crippen LogP contribution in [0.4, 0.5) is 15.8 Å². The average Bonchev–Trinajstić information content (AvgIpc) is 3.04. The lowest BCUT2D eigenvalue weighted by atomic mass is 9.90. The number of anilines is 2. The Balaban J connectivity index is 1.71. The van der Waals surface area contributed by atoms with Crippen LogP contribution in [0.25, 0.3) is 0 Å². The van der Waals surface area contributed by atoms with Crippen molar-refractivity contribution in [2.75, 3.05) is 17.4 Å². The van der Waals surface area contributed by atoms with Crippen molar-refractivity contribution in [3.05, 3.63) is 48.3 Å². The molecule has 1 aliphatic heterocycles. The van der Waals surface area contributed by atoms with Gasteiger partial charge in [0.2, 0.25) is 18.6 Å². The fraction of sp³-hybridized carbons (Fsp3) is 0.222. The minimum atomic E-state index is -1.42. The molecule has 1 aliphatic rings. The van der Waals surface area contributed by atoms with Gasteiger partial charge in [-0.1, -0.05) is 12.1 Å². The maximum atomic E-state index is 13.7. The van der Waals surface area contributed by atoms with Crippen LogP contribution in [0.15, 0.2) is 42.5 Å². The molecule has 0 aromatic heterocycles. The van der Waals surface area contributed by atoms with Gasteiger partial charge in [0.15, 0.2) is 11.5 Å². The number of nitrogens with one attached hydrogen (secondary N) is 2. The van der Waals surface area contributed by atoms with E-state index in [1.54, 1.807) is 24.3 Å². The van der Waals surface area contributed by atoms with Crippen LogP contribution in [-0.4, -0.2) is 18.6 Å². The second kappa shape index (κ2) is 6.43. The maximum absolute atomic E-state index is 13.7. The highest BCUT2D eigenvalue weighted by atomic mass is 19.1. The van der Waals surface area contributed by atoms with E-state index in [1.165, 1.54) is 32.0 Å². The van der Waals surface area contributed by atoms with Crippen molar-refractivity contribution < 1.29 is 23.5 Å². The number of hydrogen-bond acceptors (Lipinski definition) is 4. The number of carbonyl (C=O) groups is 2. The zero-order chi connectivity index (χ0) is 18.0. The van der Waals surface area contributed by atoms with Gasteiger partial charge in [-0.25, -0.2) is 4.39 Å². The molecule has 130 valence electrons. The number of fused-ring (bicyclic) bond motifs is 1. The first-order chi connectivity index (χ1) is 11.9. The Morgan fingerprint density at radius 1 is 1.00 bits per heavy atom. The van der Waals surface area contributed by atoms with Gasteiger partial charge >= 0.3 is 0 Å². The molecule has 0 saturated heterocycles. The van der Waals surface area contributed by atoms with E-state index < -0.39 is 23.0 Å². The molecule has 1 heterocycles. The predicted molar refractivity (Wildman–Crippen MR) is 90.0 cm³/mol. The van der Waals surface area contributed by atoms with E-state index in [9.17, 15) is 14.0 Å². The van der Waals surface area contributed by atoms with Gasteiger partial charge < -0.3 is 20.1 Å². The molecule has 0 bridgehead atoms. The number of amides is 2. The predicted octanol–water partition coefficient (Wildman–Crippen LogP) is 3.16. The van der Waals surface area contributed by atoms with Crippen LogP contribution in [0.2, 0.25) is 0 Å². The molecule has 0 atom stereocenters. The van der Waals surface area contributed by atoms with E-state index in [-0.39, 0.29) is 12.5 Å². The molecule has 0 unspecified atom stereocenters. The van der Waals surface area contributed by atoms with E-state index in [0.29, 0.717) is 17.2 Å². The first-order valence-electron chi connectivity index (χ1n) is 7.65. The van der Waals surface area contributed by atoms with Gasteiger partial charge in [-0.05, 0) is 38.1 Å². The topological polar surface area (TPSA) is 76.7 Å². The fourth-order valence-electron chi connectivity index (χ4n) is 2.21. The van der Waals surface area contributed by atoms with Crippen LogP contribution in [0.1, 0.15) is 13.8 Å². The molecule has 2 N–H and O–H groups in total. The van der Waals surface area contributed by atoms with Crippen molar-refractivity contribution in [3.63, 3.8) is 0 Å². The highest BCUT2D eigenvalue weighted by molar-refractivity contribution is 6.14. The Hall–Kier alpha value is -3.09. The summed E-state index contributed by atoms with van der Waals surface area (Å²) in [6.45, 7) is 3.06. The molecule has 2 amide bonds. The Morgan fingerprint density at radius 3 is 2.44 bits per heavy atom. The molecular weight excluding hydrogens is 327 g/mol. The number of benzene rings is 2. The summed E-state index contributed by atoms with van der Waals surface area (Å²) in [5, 5.41) is 5.10. The third kappa shape index (κ3) is 3.40. The van der Waals surface area contributed by atoms with Crippen LogP contribution < -0.4 is 20.1 Å². The molecule has 3 rings (SSSR count). The summed E-state index contributed by atoms with van der Waals surface area (Å²) in [5.74, 6) is -0.597. The molecule has 7 heteroatoms. The first kappa shape index (κ1) is 16.8. The van der Waals surface area contributed by atoms with E-state index in [2.05, 4.69) is 10.6 Å². The van der Waals surface area contributed by atoms with Crippen molar-refractivity contribution in [1.29, 1.82) is 0 Å². The molecule has 0 spiro atoms. The molecule has 6 nitrogen and oxygen atoms in total.